The Morgan fingerprint density at radius 1 is 0.259 bits per heavy atom. The third-order valence-corrected chi connectivity index (χ3v) is 22.3. The van der Waals surface area contributed by atoms with Gasteiger partial charge in [0.1, 0.15) is 0 Å². The smallest absolute Gasteiger partial charge is 0.0760 e. The van der Waals surface area contributed by atoms with Crippen molar-refractivity contribution in [2.75, 3.05) is 72.0 Å². The fraction of sp³-hybridized carbons (Fsp3) is 0.452. The number of hydrogen-bond donors (Lipinski definition) is 0. The Bertz CT molecular complexity index is 2760. The van der Waals surface area contributed by atoms with Gasteiger partial charge >= 0.3 is 0 Å². The van der Waals surface area contributed by atoms with Crippen LogP contribution in [0.3, 0.4) is 0 Å². The van der Waals surface area contributed by atoms with Crippen LogP contribution in [-0.4, -0.2) is 52.4 Å². The predicted molar refractivity (Wildman–Crippen MR) is 364 cm³/mol. The summed E-state index contributed by atoms with van der Waals surface area (Å²) in [4.78, 5) is 21.7. The van der Waals surface area contributed by atoms with Gasteiger partial charge in [0.05, 0.1) is 24.9 Å². The molecule has 4 aromatic heterocycles. The Balaban J connectivity index is 1.13. The summed E-state index contributed by atoms with van der Waals surface area (Å²) < 4.78 is 0. The quantitative estimate of drug-likeness (QED) is 0.0417. The zero-order chi connectivity index (χ0) is 56.3. The van der Waals surface area contributed by atoms with Gasteiger partial charge in [0.2, 0.25) is 0 Å². The van der Waals surface area contributed by atoms with E-state index in [0.29, 0.717) is 0 Å². The third-order valence-electron chi connectivity index (χ3n) is 17.3. The Morgan fingerprint density at radius 3 is 0.593 bits per heavy atom. The van der Waals surface area contributed by atoms with Crippen molar-refractivity contribution < 1.29 is 0 Å². The molecule has 0 bridgehead atoms. The molecule has 0 saturated heterocycles. The molecule has 1 spiro atoms. The highest BCUT2D eigenvalue weighted by Gasteiger charge is 2.56. The Morgan fingerprint density at radius 2 is 0.432 bits per heavy atom. The van der Waals surface area contributed by atoms with Crippen LogP contribution in [0.15, 0.2) is 121 Å². The molecule has 8 aromatic rings. The van der Waals surface area contributed by atoms with E-state index in [1.54, 1.807) is 0 Å². The van der Waals surface area contributed by atoms with E-state index in [0.717, 1.165) is 52.4 Å². The van der Waals surface area contributed by atoms with E-state index in [-0.39, 0.29) is 0 Å². The van der Waals surface area contributed by atoms with E-state index in [4.69, 9.17) is 0 Å². The monoisotopic (exact) mass is 1150 g/mol. The fourth-order valence-electron chi connectivity index (χ4n) is 12.4. The van der Waals surface area contributed by atoms with Crippen molar-refractivity contribution in [2.45, 2.75) is 164 Å². The number of fused-ring (bicyclic) bond motifs is 10. The molecule has 8 heteroatoms. The lowest BCUT2D eigenvalue weighted by molar-refractivity contribution is 0.678. The highest BCUT2D eigenvalue weighted by atomic mass is 32.1. The number of nitrogens with zero attached hydrogens (tertiary/aromatic N) is 4. The second-order valence-corrected chi connectivity index (χ2v) is 27.3. The van der Waals surface area contributed by atoms with Crippen molar-refractivity contribution in [1.29, 1.82) is 0 Å². The molecule has 2 aliphatic carbocycles. The average Bonchev–Trinajstić information content (AvgIpc) is 1.90. The molecule has 10 rings (SSSR count). The molecular formula is C73H92N4S4. The number of anilines is 4. The molecule has 0 fully saturated rings. The third kappa shape index (κ3) is 12.4. The summed E-state index contributed by atoms with van der Waals surface area (Å²) in [6.45, 7) is 27.4. The summed E-state index contributed by atoms with van der Waals surface area (Å²) in [7, 11) is 0. The minimum absolute atomic E-state index is 0.440. The largest absolute Gasteiger partial charge is 0.372 e. The highest BCUT2D eigenvalue weighted by Crippen LogP contribution is 2.70. The van der Waals surface area contributed by atoms with Crippen LogP contribution < -0.4 is 19.6 Å². The van der Waals surface area contributed by atoms with Gasteiger partial charge in [0.25, 0.3) is 0 Å². The van der Waals surface area contributed by atoms with Gasteiger partial charge in [-0.2, -0.15) is 0 Å². The summed E-state index contributed by atoms with van der Waals surface area (Å²) in [5.41, 5.74) is 16.1. The molecule has 4 aromatic carbocycles. The van der Waals surface area contributed by atoms with E-state index in [9.17, 15) is 0 Å². The molecule has 2 aliphatic rings. The Kier molecular flexibility index (Phi) is 20.4. The summed E-state index contributed by atoms with van der Waals surface area (Å²) in [6.07, 6.45) is 19.5. The normalized spacial score (nSPS) is 12.7. The summed E-state index contributed by atoms with van der Waals surface area (Å²) in [6, 6.07) is 49.1. The van der Waals surface area contributed by atoms with Gasteiger partial charge in [-0.15, -0.1) is 45.3 Å². The van der Waals surface area contributed by atoms with Crippen LogP contribution in [0.25, 0.3) is 61.3 Å². The first-order valence-electron chi connectivity index (χ1n) is 31.8. The van der Waals surface area contributed by atoms with E-state index in [1.807, 2.05) is 45.3 Å². The minimum Gasteiger partial charge on any atom is -0.372 e. The SMILES string of the molecule is CCCCN(CCCC)c1ccc(-c2cc3c(s2)-c2sc(-c4ccc(N(CCCC)CCCC)cc4)cc2C32c3cc(-c4ccc(N(CCCC)CCCC)cc4)sc3-c3sc(-c4ccc(N(CCCC)CCCC)cc4)cc32)cc1. The standard InChI is InChI=1S/C73H92N4S4/c1-9-17-41-74(42-18-10-2)57-33-25-53(26-34-57)65-49-61-69(78-65)70-62(50-66(79-70)54-27-35-58(36-28-54)75(43-19-11-3)44-20-12-4)73(61)63-51-67(55-29-37-59(38-30-55)76(45-21-13-5)46-22-14-6)80-71(63)72-64(73)52-68(81-72)56-31-39-60(40-32-56)77(47-23-15-7)48-24-16-8/h25-40,49-52H,9-24,41-48H2,1-8H3. The van der Waals surface area contributed by atoms with E-state index in [2.05, 4.69) is 196 Å². The molecule has 0 amide bonds. The van der Waals surface area contributed by atoms with Gasteiger partial charge in [0.15, 0.2) is 0 Å². The van der Waals surface area contributed by atoms with Gasteiger partial charge in [0, 0.05) is 94.6 Å². The zero-order valence-electron chi connectivity index (χ0n) is 50.4. The first kappa shape index (κ1) is 59.1. The number of benzene rings is 4. The van der Waals surface area contributed by atoms with Gasteiger partial charge in [-0.05, 0) is 169 Å². The topological polar surface area (TPSA) is 13.0 Å². The summed E-state index contributed by atoms with van der Waals surface area (Å²) in [5, 5.41) is 0. The van der Waals surface area contributed by atoms with Crippen LogP contribution in [-0.2, 0) is 5.41 Å². The average molecular weight is 1150 g/mol. The lowest BCUT2D eigenvalue weighted by atomic mass is 9.72. The predicted octanol–water partition coefficient (Wildman–Crippen LogP) is 22.6. The van der Waals surface area contributed by atoms with Crippen molar-refractivity contribution in [3.8, 4) is 61.3 Å². The van der Waals surface area contributed by atoms with Crippen molar-refractivity contribution >= 4 is 68.1 Å². The maximum absolute atomic E-state index is 2.63. The molecule has 0 unspecified atom stereocenters. The van der Waals surface area contributed by atoms with Gasteiger partial charge < -0.3 is 19.6 Å². The number of rotatable bonds is 32. The maximum Gasteiger partial charge on any atom is 0.0760 e. The molecule has 4 nitrogen and oxygen atoms in total. The van der Waals surface area contributed by atoms with E-state index < -0.39 is 5.41 Å². The molecule has 0 radical (unpaired) electrons. The molecule has 0 saturated carbocycles. The first-order chi connectivity index (χ1) is 39.8. The fourth-order valence-corrected chi connectivity index (χ4v) is 17.6. The second kappa shape index (κ2) is 28.0. The Labute approximate surface area is 504 Å². The van der Waals surface area contributed by atoms with Crippen LogP contribution in [0.5, 0.6) is 0 Å². The lowest BCUT2D eigenvalue weighted by Crippen LogP contribution is -2.25. The highest BCUT2D eigenvalue weighted by molar-refractivity contribution is 7.27. The van der Waals surface area contributed by atoms with Crippen molar-refractivity contribution in [3.63, 3.8) is 0 Å². The van der Waals surface area contributed by atoms with Crippen molar-refractivity contribution in [1.82, 2.24) is 0 Å². The Hall–Kier alpha value is -5.12. The van der Waals surface area contributed by atoms with Crippen LogP contribution in [0, 0.1) is 0 Å². The molecule has 0 N–H and O–H groups in total. The van der Waals surface area contributed by atoms with E-state index in [1.165, 1.54) is 209 Å². The number of unbranched alkanes of at least 4 members (excludes halogenated alkanes) is 8. The van der Waals surface area contributed by atoms with Crippen molar-refractivity contribution in [2.24, 2.45) is 0 Å². The second-order valence-electron chi connectivity index (χ2n) is 23.1. The van der Waals surface area contributed by atoms with Gasteiger partial charge in [-0.1, -0.05) is 155 Å². The van der Waals surface area contributed by atoms with Crippen LogP contribution in [0.2, 0.25) is 0 Å². The van der Waals surface area contributed by atoms with Crippen LogP contribution >= 0.6 is 45.3 Å². The molecule has 428 valence electrons. The molecule has 4 heterocycles. The molecular weight excluding hydrogens is 1060 g/mol. The summed E-state index contributed by atoms with van der Waals surface area (Å²) >= 11 is 8.10. The van der Waals surface area contributed by atoms with Crippen LogP contribution in [0.4, 0.5) is 22.7 Å². The zero-order valence-corrected chi connectivity index (χ0v) is 53.7. The van der Waals surface area contributed by atoms with Crippen LogP contribution in [0.1, 0.15) is 180 Å². The van der Waals surface area contributed by atoms with E-state index >= 15 is 0 Å². The minimum atomic E-state index is -0.440. The van der Waals surface area contributed by atoms with Crippen molar-refractivity contribution in [3.05, 3.63) is 144 Å². The number of hydrogen-bond acceptors (Lipinski definition) is 8. The lowest BCUT2D eigenvalue weighted by Gasteiger charge is -2.28. The first-order valence-corrected chi connectivity index (χ1v) is 35.1. The molecule has 0 aliphatic heterocycles. The summed E-state index contributed by atoms with van der Waals surface area (Å²) in [5.74, 6) is 0. The van der Waals surface area contributed by atoms with Gasteiger partial charge in [-0.3, -0.25) is 0 Å². The molecule has 81 heavy (non-hydrogen) atoms. The molecule has 0 atom stereocenters. The number of thiophene rings is 4. The maximum atomic E-state index is 2.63. The van der Waals surface area contributed by atoms with Gasteiger partial charge in [-0.25, -0.2) is 0 Å².